The molecule has 550 valence electrons. The normalized spacial score (nSPS) is 14.7. The Bertz CT molecular complexity index is 2300. The van der Waals surface area contributed by atoms with Crippen LogP contribution in [0.2, 0.25) is 0 Å². The zero-order chi connectivity index (χ0) is 70.4. The molecule has 0 radical (unpaired) electrons. The van der Waals surface area contributed by atoms with Gasteiger partial charge in [0.15, 0.2) is 12.2 Å². The van der Waals surface area contributed by atoms with Gasteiger partial charge < -0.3 is 33.8 Å². The highest BCUT2D eigenvalue weighted by atomic mass is 31.2. The molecule has 0 aromatic rings. The van der Waals surface area contributed by atoms with E-state index in [0.29, 0.717) is 32.1 Å². The zero-order valence-electron chi connectivity index (χ0n) is 59.8. The molecule has 0 spiro atoms. The van der Waals surface area contributed by atoms with Crippen molar-refractivity contribution in [3.8, 4) is 0 Å². The highest BCUT2D eigenvalue weighted by Gasteiger charge is 2.30. The number of aliphatic hydroxyl groups is 1. The Kier molecular flexibility index (Phi) is 65.7. The topological polar surface area (TPSA) is 237 Å². The maximum atomic E-state index is 13.0. The molecule has 3 N–H and O–H groups in total. The monoisotopic (exact) mass is 1390 g/mol. The van der Waals surface area contributed by atoms with Crippen molar-refractivity contribution in [1.29, 1.82) is 0 Å². The number of esters is 4. The summed E-state index contributed by atoms with van der Waals surface area (Å²) >= 11 is 0. The van der Waals surface area contributed by atoms with Gasteiger partial charge in [-0.3, -0.25) is 37.3 Å². The number of rotatable bonds is 68. The summed E-state index contributed by atoms with van der Waals surface area (Å²) in [5, 5.41) is 10.6. The predicted molar refractivity (Wildman–Crippen MR) is 390 cm³/mol. The van der Waals surface area contributed by atoms with Gasteiger partial charge in [-0.1, -0.05) is 239 Å². The standard InChI is InChI=1S/C77H130O17P2/c1-5-9-13-17-21-25-29-32-34-35-37-40-43-46-50-54-58-62-75(80)88-68-73(94-77(82)64-60-56-52-48-44-38-31-27-23-19-15-11-7-3)70-92-96(85,86)90-66-71(78)65-89-95(83,84)91-69-72(93-76(81)63-59-55-51-47-41-28-24-20-16-12-8-4)67-87-74(79)61-57-53-49-45-42-39-36-33-30-26-22-18-14-10-6-2/h9,13,15,19-22,24-27,31-34,36-37,40,46,50,71-73,78H,5-8,10-12,14,16-18,23,28-30,35,38-39,41-45,47-49,51-70H2,1-4H3,(H,83,84)(H,85,86)/b13-9-,19-15-,24-20-,25-21-,26-22-,31-27-,34-32-,36-33-,40-37-,50-46-. The maximum absolute atomic E-state index is 13.0. The van der Waals surface area contributed by atoms with Gasteiger partial charge in [0.05, 0.1) is 26.4 Å². The minimum Gasteiger partial charge on any atom is -0.462 e. The van der Waals surface area contributed by atoms with Crippen LogP contribution in [-0.4, -0.2) is 96.7 Å². The molecule has 0 rings (SSSR count). The van der Waals surface area contributed by atoms with E-state index in [4.69, 9.17) is 37.0 Å². The summed E-state index contributed by atoms with van der Waals surface area (Å²) in [4.78, 5) is 72.7. The van der Waals surface area contributed by atoms with Gasteiger partial charge >= 0.3 is 39.5 Å². The first-order valence-electron chi connectivity index (χ1n) is 36.8. The van der Waals surface area contributed by atoms with Crippen LogP contribution >= 0.6 is 15.6 Å². The summed E-state index contributed by atoms with van der Waals surface area (Å²) in [5.74, 6) is -2.29. The Hall–Kier alpha value is -4.54. The third-order valence-corrected chi connectivity index (χ3v) is 16.8. The second-order valence-electron chi connectivity index (χ2n) is 24.1. The summed E-state index contributed by atoms with van der Waals surface area (Å²) in [6, 6.07) is 0. The lowest BCUT2D eigenvalue weighted by molar-refractivity contribution is -0.161. The lowest BCUT2D eigenvalue weighted by Crippen LogP contribution is -2.30. The summed E-state index contributed by atoms with van der Waals surface area (Å²) in [6.45, 7) is 4.50. The number of hydrogen-bond donors (Lipinski definition) is 3. The van der Waals surface area contributed by atoms with E-state index in [1.165, 1.54) is 32.1 Å². The molecule has 5 unspecified atom stereocenters. The quantitative estimate of drug-likeness (QED) is 0.0169. The highest BCUT2D eigenvalue weighted by Crippen LogP contribution is 2.45. The summed E-state index contributed by atoms with van der Waals surface area (Å²) < 4.78 is 68.2. The second-order valence-corrected chi connectivity index (χ2v) is 27.0. The lowest BCUT2D eigenvalue weighted by Gasteiger charge is -2.21. The van der Waals surface area contributed by atoms with Crippen molar-refractivity contribution in [2.45, 2.75) is 303 Å². The minimum atomic E-state index is -4.99. The van der Waals surface area contributed by atoms with Gasteiger partial charge in [0.25, 0.3) is 0 Å². The number of allylic oxidation sites excluding steroid dienone is 20. The molecule has 0 aliphatic rings. The summed E-state index contributed by atoms with van der Waals surface area (Å²) in [6.07, 6.45) is 73.5. The van der Waals surface area contributed by atoms with Crippen LogP contribution in [0, 0.1) is 0 Å². The molecular formula is C77H130O17P2. The second kappa shape index (κ2) is 69.0. The van der Waals surface area contributed by atoms with Crippen molar-refractivity contribution in [2.24, 2.45) is 0 Å². The molecule has 5 atom stereocenters. The van der Waals surface area contributed by atoms with Crippen LogP contribution < -0.4 is 0 Å². The van der Waals surface area contributed by atoms with Gasteiger partial charge in [-0.15, -0.1) is 0 Å². The number of unbranched alkanes of at least 4 members (excludes halogenated alkanes) is 22. The average Bonchev–Trinajstić information content (AvgIpc) is 1.17. The van der Waals surface area contributed by atoms with Gasteiger partial charge in [0.1, 0.15) is 19.3 Å². The van der Waals surface area contributed by atoms with E-state index in [2.05, 4.69) is 137 Å². The van der Waals surface area contributed by atoms with Crippen LogP contribution in [0.5, 0.6) is 0 Å². The first-order chi connectivity index (χ1) is 46.7. The molecule has 19 heteroatoms. The predicted octanol–water partition coefficient (Wildman–Crippen LogP) is 20.8. The van der Waals surface area contributed by atoms with Crippen LogP contribution in [-0.2, 0) is 65.4 Å². The molecule has 0 aromatic heterocycles. The number of carbonyl (C=O) groups is 4. The van der Waals surface area contributed by atoms with Crippen LogP contribution in [0.3, 0.4) is 0 Å². The Labute approximate surface area is 581 Å². The zero-order valence-corrected chi connectivity index (χ0v) is 61.5. The molecule has 0 aliphatic carbocycles. The molecule has 17 nitrogen and oxygen atoms in total. The number of aliphatic hydroxyl groups excluding tert-OH is 1. The average molecular weight is 1390 g/mol. The molecule has 0 aromatic carbocycles. The SMILES string of the molecule is CC/C=C\C/C=C\C/C=C\C/C=C\C/C=C\CCCC(=O)OCC(COP(=O)(O)OCC(O)COP(=O)(O)OCC(COC(=O)CCCCCCC/C=C\C/C=C\CCCCC)OC(=O)CCCCCCC/C=C\CCCC)OC(=O)CCCCCCC/C=C\C/C=C\CCC. The van der Waals surface area contributed by atoms with Crippen LogP contribution in [0.4, 0.5) is 0 Å². The van der Waals surface area contributed by atoms with Crippen molar-refractivity contribution in [2.75, 3.05) is 39.6 Å². The van der Waals surface area contributed by atoms with E-state index in [1.54, 1.807) is 0 Å². The van der Waals surface area contributed by atoms with Gasteiger partial charge in [-0.2, -0.15) is 0 Å². The maximum Gasteiger partial charge on any atom is 0.472 e. The van der Waals surface area contributed by atoms with E-state index < -0.39 is 97.5 Å². The molecule has 0 aliphatic heterocycles. The van der Waals surface area contributed by atoms with E-state index in [1.807, 2.05) is 12.2 Å². The number of hydrogen-bond acceptors (Lipinski definition) is 15. The van der Waals surface area contributed by atoms with Crippen molar-refractivity contribution in [3.63, 3.8) is 0 Å². The fourth-order valence-corrected chi connectivity index (χ4v) is 10.8. The molecular weight excluding hydrogens is 1260 g/mol. The minimum absolute atomic E-state index is 0.0636. The summed E-state index contributed by atoms with van der Waals surface area (Å²) in [7, 11) is -9.97. The largest absolute Gasteiger partial charge is 0.472 e. The number of ether oxygens (including phenoxy) is 4. The molecule has 0 fully saturated rings. The number of carbonyl (C=O) groups excluding carboxylic acids is 4. The Balaban J connectivity index is 5.39. The Morgan fingerprint density at radius 1 is 0.302 bits per heavy atom. The molecule has 0 amide bonds. The van der Waals surface area contributed by atoms with Gasteiger partial charge in [0.2, 0.25) is 0 Å². The molecule has 0 saturated heterocycles. The number of phosphoric ester groups is 2. The fraction of sp³-hybridized carbons (Fsp3) is 0.688. The Morgan fingerprint density at radius 2 is 0.583 bits per heavy atom. The van der Waals surface area contributed by atoms with Gasteiger partial charge in [-0.25, -0.2) is 9.13 Å². The molecule has 0 saturated carbocycles. The molecule has 0 heterocycles. The third kappa shape index (κ3) is 68.0. The number of phosphoric acid groups is 2. The van der Waals surface area contributed by atoms with Crippen LogP contribution in [0.1, 0.15) is 285 Å². The fourth-order valence-electron chi connectivity index (χ4n) is 9.24. The van der Waals surface area contributed by atoms with Crippen molar-refractivity contribution in [3.05, 3.63) is 122 Å². The van der Waals surface area contributed by atoms with Crippen molar-refractivity contribution in [1.82, 2.24) is 0 Å². The molecule has 96 heavy (non-hydrogen) atoms. The van der Waals surface area contributed by atoms with E-state index in [0.717, 1.165) is 167 Å². The van der Waals surface area contributed by atoms with Crippen molar-refractivity contribution < 1.29 is 80.2 Å². The van der Waals surface area contributed by atoms with Crippen LogP contribution in [0.25, 0.3) is 0 Å². The van der Waals surface area contributed by atoms with Crippen LogP contribution in [0.15, 0.2) is 122 Å². The van der Waals surface area contributed by atoms with Crippen molar-refractivity contribution >= 4 is 39.5 Å². The molecule has 0 bridgehead atoms. The van der Waals surface area contributed by atoms with E-state index in [-0.39, 0.29) is 25.7 Å². The first-order valence-corrected chi connectivity index (χ1v) is 39.8. The summed E-state index contributed by atoms with van der Waals surface area (Å²) in [5.41, 5.74) is 0. The highest BCUT2D eigenvalue weighted by molar-refractivity contribution is 7.47. The smallest absolute Gasteiger partial charge is 0.462 e. The first kappa shape index (κ1) is 91.5. The van der Waals surface area contributed by atoms with E-state index in [9.17, 15) is 43.2 Å². The van der Waals surface area contributed by atoms with E-state index >= 15 is 0 Å². The van der Waals surface area contributed by atoms with Gasteiger partial charge in [0, 0.05) is 25.7 Å². The van der Waals surface area contributed by atoms with Gasteiger partial charge in [-0.05, 0) is 141 Å². The lowest BCUT2D eigenvalue weighted by atomic mass is 10.1. The Morgan fingerprint density at radius 3 is 0.958 bits per heavy atom. The third-order valence-electron chi connectivity index (χ3n) is 14.9.